The van der Waals surface area contributed by atoms with E-state index in [4.69, 9.17) is 9.47 Å². The van der Waals surface area contributed by atoms with Crippen molar-refractivity contribution < 1.29 is 14.3 Å². The first-order valence-corrected chi connectivity index (χ1v) is 12.3. The summed E-state index contributed by atoms with van der Waals surface area (Å²) >= 11 is 0. The predicted octanol–water partition coefficient (Wildman–Crippen LogP) is 7.20. The van der Waals surface area contributed by atoms with Gasteiger partial charge < -0.3 is 9.47 Å². The molecule has 0 saturated carbocycles. The van der Waals surface area contributed by atoms with Crippen LogP contribution in [0, 0.1) is 23.7 Å². The molecule has 2 heterocycles. The molecule has 7 atom stereocenters. The van der Waals surface area contributed by atoms with Gasteiger partial charge in [0.1, 0.15) is 6.10 Å². The zero-order valence-corrected chi connectivity index (χ0v) is 20.6. The monoisotopic (exact) mass is 428 g/mol. The van der Waals surface area contributed by atoms with Crippen LogP contribution in [0.15, 0.2) is 48.1 Å². The zero-order valence-electron chi connectivity index (χ0n) is 20.6. The van der Waals surface area contributed by atoms with E-state index >= 15 is 0 Å². The molecule has 31 heavy (non-hydrogen) atoms. The van der Waals surface area contributed by atoms with Gasteiger partial charge in [0.05, 0.1) is 12.2 Å². The molecule has 7 unspecified atom stereocenters. The maximum atomic E-state index is 12.3. The van der Waals surface area contributed by atoms with Gasteiger partial charge in [0.2, 0.25) is 0 Å². The van der Waals surface area contributed by atoms with Crippen LogP contribution in [-0.2, 0) is 14.3 Å². The van der Waals surface area contributed by atoms with Gasteiger partial charge in [-0.25, -0.2) is 0 Å². The van der Waals surface area contributed by atoms with E-state index in [0.29, 0.717) is 36.4 Å². The Hall–Kier alpha value is -1.61. The molecule has 0 spiro atoms. The highest BCUT2D eigenvalue weighted by molar-refractivity contribution is 5.70. The molecule has 0 radical (unpaired) electrons. The molecule has 1 saturated heterocycles. The molecule has 0 bridgehead atoms. The third-order valence-electron chi connectivity index (χ3n) is 6.44. The van der Waals surface area contributed by atoms with E-state index in [1.54, 1.807) is 0 Å². The van der Waals surface area contributed by atoms with Gasteiger partial charge in [-0.05, 0) is 55.9 Å². The maximum absolute atomic E-state index is 12.3. The van der Waals surface area contributed by atoms with Crippen LogP contribution >= 0.6 is 0 Å². The van der Waals surface area contributed by atoms with E-state index in [1.165, 1.54) is 12.8 Å². The van der Waals surface area contributed by atoms with Crippen molar-refractivity contribution in [2.24, 2.45) is 23.7 Å². The summed E-state index contributed by atoms with van der Waals surface area (Å²) in [5.41, 5.74) is 1.09. The lowest BCUT2D eigenvalue weighted by atomic mass is 9.94. The Morgan fingerprint density at radius 1 is 1.23 bits per heavy atom. The third kappa shape index (κ3) is 9.19. The lowest BCUT2D eigenvalue weighted by Crippen LogP contribution is -2.25. The number of rotatable bonds is 8. The maximum Gasteiger partial charge on any atom is 0.306 e. The minimum absolute atomic E-state index is 0.119. The SMILES string of the molecule is CCCC(C)C1OC1CC(C)C=CC=C(C)C1OC(=O)CCC=CC(C)CC=CC1C. The lowest BCUT2D eigenvalue weighted by Gasteiger charge is -2.23. The summed E-state index contributed by atoms with van der Waals surface area (Å²) in [6.45, 7) is 13.2. The van der Waals surface area contributed by atoms with Crippen molar-refractivity contribution in [3.8, 4) is 0 Å². The van der Waals surface area contributed by atoms with E-state index in [1.807, 2.05) is 0 Å². The van der Waals surface area contributed by atoms with Crippen LogP contribution in [0.3, 0.4) is 0 Å². The number of hydrogen-bond acceptors (Lipinski definition) is 3. The zero-order chi connectivity index (χ0) is 22.8. The fourth-order valence-corrected chi connectivity index (χ4v) is 4.44. The normalized spacial score (nSPS) is 32.3. The number of epoxide rings is 1. The number of carbonyl (C=O) groups excluding carboxylic acids is 1. The molecule has 2 aliphatic rings. The minimum atomic E-state index is -0.214. The van der Waals surface area contributed by atoms with Crippen molar-refractivity contribution in [2.75, 3.05) is 0 Å². The summed E-state index contributed by atoms with van der Waals surface area (Å²) in [7, 11) is 0. The third-order valence-corrected chi connectivity index (χ3v) is 6.44. The fraction of sp³-hybridized carbons (Fsp3) is 0.679. The molecule has 0 amide bonds. The molecule has 0 N–H and O–H groups in total. The Kier molecular flexibility index (Phi) is 10.8. The quantitative estimate of drug-likeness (QED) is 0.178. The number of esters is 1. The van der Waals surface area contributed by atoms with Crippen molar-refractivity contribution >= 4 is 5.97 Å². The smallest absolute Gasteiger partial charge is 0.306 e. The molecule has 174 valence electrons. The Labute approximate surface area is 190 Å². The number of hydrogen-bond donors (Lipinski definition) is 0. The van der Waals surface area contributed by atoms with E-state index < -0.39 is 0 Å². The average Bonchev–Trinajstić information content (AvgIpc) is 3.47. The summed E-state index contributed by atoms with van der Waals surface area (Å²) < 4.78 is 11.8. The number of carbonyl (C=O) groups is 1. The van der Waals surface area contributed by atoms with Crippen LogP contribution in [0.4, 0.5) is 0 Å². The first kappa shape index (κ1) is 25.6. The van der Waals surface area contributed by atoms with E-state index in [0.717, 1.165) is 24.8 Å². The van der Waals surface area contributed by atoms with Gasteiger partial charge in [-0.3, -0.25) is 4.79 Å². The van der Waals surface area contributed by atoms with Crippen molar-refractivity contribution in [3.05, 3.63) is 48.1 Å². The molecule has 2 rings (SSSR count). The van der Waals surface area contributed by atoms with Crippen LogP contribution in [0.2, 0.25) is 0 Å². The molecule has 0 aromatic heterocycles. The lowest BCUT2D eigenvalue weighted by molar-refractivity contribution is -0.148. The second kappa shape index (κ2) is 13.1. The number of ether oxygens (including phenoxy) is 2. The predicted molar refractivity (Wildman–Crippen MR) is 130 cm³/mol. The van der Waals surface area contributed by atoms with Gasteiger partial charge in [0, 0.05) is 12.3 Å². The van der Waals surface area contributed by atoms with Gasteiger partial charge in [-0.15, -0.1) is 0 Å². The van der Waals surface area contributed by atoms with Gasteiger partial charge in [-0.1, -0.05) is 83.6 Å². The molecule has 0 aromatic carbocycles. The van der Waals surface area contributed by atoms with Gasteiger partial charge >= 0.3 is 5.97 Å². The van der Waals surface area contributed by atoms with E-state index in [2.05, 4.69) is 84.1 Å². The largest absolute Gasteiger partial charge is 0.457 e. The summed E-state index contributed by atoms with van der Waals surface area (Å²) in [5, 5.41) is 0. The second-order valence-electron chi connectivity index (χ2n) is 9.79. The molecule has 1 fully saturated rings. The molecular formula is C28H44O3. The fourth-order valence-electron chi connectivity index (χ4n) is 4.44. The van der Waals surface area contributed by atoms with Crippen molar-refractivity contribution in [3.63, 3.8) is 0 Å². The standard InChI is InChI=1S/C28H44O3/c1-7-12-22(4)28-25(30-28)19-21(3)15-11-17-24(6)27-23(5)16-10-14-20(2)13-8-9-18-26(29)31-27/h8,10-11,13,15-17,20-23,25,27-28H,7,9,12,14,18-19H2,1-6H3. The molecule has 0 aromatic rings. The van der Waals surface area contributed by atoms with Crippen LogP contribution in [0.5, 0.6) is 0 Å². The number of cyclic esters (lactones) is 1. The van der Waals surface area contributed by atoms with E-state index in [-0.39, 0.29) is 18.0 Å². The second-order valence-corrected chi connectivity index (χ2v) is 9.79. The molecule has 3 nitrogen and oxygen atoms in total. The highest BCUT2D eigenvalue weighted by Gasteiger charge is 2.42. The minimum Gasteiger partial charge on any atom is -0.457 e. The van der Waals surface area contributed by atoms with E-state index in [9.17, 15) is 4.79 Å². The van der Waals surface area contributed by atoms with Crippen molar-refractivity contribution in [1.82, 2.24) is 0 Å². The Morgan fingerprint density at radius 2 is 2.00 bits per heavy atom. The summed E-state index contributed by atoms with van der Waals surface area (Å²) in [6.07, 6.45) is 21.6. The highest BCUT2D eigenvalue weighted by atomic mass is 16.6. The summed E-state index contributed by atoms with van der Waals surface area (Å²) in [4.78, 5) is 12.3. The molecule has 2 aliphatic heterocycles. The first-order valence-electron chi connectivity index (χ1n) is 12.3. The van der Waals surface area contributed by atoms with Crippen LogP contribution in [0.1, 0.15) is 80.1 Å². The van der Waals surface area contributed by atoms with Crippen LogP contribution in [0.25, 0.3) is 0 Å². The Bertz CT molecular complexity index is 672. The van der Waals surface area contributed by atoms with Crippen molar-refractivity contribution in [1.29, 1.82) is 0 Å². The van der Waals surface area contributed by atoms with Gasteiger partial charge in [-0.2, -0.15) is 0 Å². The summed E-state index contributed by atoms with van der Waals surface area (Å²) in [5.74, 6) is 1.67. The molecule has 0 aliphatic carbocycles. The topological polar surface area (TPSA) is 38.8 Å². The van der Waals surface area contributed by atoms with Gasteiger partial charge in [0.25, 0.3) is 0 Å². The van der Waals surface area contributed by atoms with Gasteiger partial charge in [0.15, 0.2) is 0 Å². The molecular weight excluding hydrogens is 384 g/mol. The van der Waals surface area contributed by atoms with Crippen LogP contribution < -0.4 is 0 Å². The molecule has 3 heteroatoms. The summed E-state index contributed by atoms with van der Waals surface area (Å²) in [6, 6.07) is 0. The average molecular weight is 429 g/mol. The first-order chi connectivity index (χ1) is 14.8. The van der Waals surface area contributed by atoms with Crippen molar-refractivity contribution in [2.45, 2.75) is 98.4 Å². The highest BCUT2D eigenvalue weighted by Crippen LogP contribution is 2.36. The Morgan fingerprint density at radius 3 is 2.74 bits per heavy atom. The van der Waals surface area contributed by atoms with Crippen LogP contribution in [-0.4, -0.2) is 24.3 Å². The Balaban J connectivity index is 1.94. The number of allylic oxidation sites excluding steroid dienone is 6.